The summed E-state index contributed by atoms with van der Waals surface area (Å²) in [7, 11) is 1.67. The highest BCUT2D eigenvalue weighted by Gasteiger charge is 2.42. The topological polar surface area (TPSA) is 38.7 Å². The fourth-order valence-electron chi connectivity index (χ4n) is 3.33. The molecule has 1 aromatic carbocycles. The zero-order chi connectivity index (χ0) is 16.0. The maximum Gasteiger partial charge on any atom is 0.118 e. The van der Waals surface area contributed by atoms with E-state index in [-0.39, 0.29) is 17.6 Å². The number of aliphatic hydroxyl groups is 1. The highest BCUT2D eigenvalue weighted by atomic mass is 16.5. The fourth-order valence-corrected chi connectivity index (χ4v) is 3.33. The van der Waals surface area contributed by atoms with Crippen LogP contribution in [0.15, 0.2) is 36.9 Å². The molecule has 0 unspecified atom stereocenters. The van der Waals surface area contributed by atoms with E-state index in [4.69, 9.17) is 9.47 Å². The molecule has 22 heavy (non-hydrogen) atoms. The summed E-state index contributed by atoms with van der Waals surface area (Å²) in [4.78, 5) is 0. The highest BCUT2D eigenvalue weighted by molar-refractivity contribution is 5.26. The number of benzene rings is 1. The first-order valence-corrected chi connectivity index (χ1v) is 8.13. The van der Waals surface area contributed by atoms with Crippen LogP contribution in [0.3, 0.4) is 0 Å². The lowest BCUT2D eigenvalue weighted by atomic mass is 9.68. The van der Waals surface area contributed by atoms with E-state index in [1.54, 1.807) is 13.2 Å². The van der Waals surface area contributed by atoms with Gasteiger partial charge in [0.1, 0.15) is 5.75 Å². The van der Waals surface area contributed by atoms with Gasteiger partial charge in [0, 0.05) is 5.41 Å². The van der Waals surface area contributed by atoms with Crippen molar-refractivity contribution >= 4 is 0 Å². The van der Waals surface area contributed by atoms with Crippen molar-refractivity contribution in [3.8, 4) is 5.75 Å². The number of aliphatic hydroxyl groups excluding tert-OH is 1. The van der Waals surface area contributed by atoms with Crippen LogP contribution < -0.4 is 4.74 Å². The summed E-state index contributed by atoms with van der Waals surface area (Å²) in [5.74, 6) is 0.854. The van der Waals surface area contributed by atoms with Gasteiger partial charge in [0.05, 0.1) is 25.9 Å². The quantitative estimate of drug-likeness (QED) is 0.771. The van der Waals surface area contributed by atoms with Crippen LogP contribution in [0.25, 0.3) is 0 Å². The molecule has 0 aromatic heterocycles. The summed E-state index contributed by atoms with van der Waals surface area (Å²) < 4.78 is 11.4. The SMILES string of the molecule is C=CC[C@H](O)[C@@]1(C)CCCC[C@@H]1OCc1ccc(OC)cc1. The number of hydrogen-bond acceptors (Lipinski definition) is 3. The number of ether oxygens (including phenoxy) is 2. The standard InChI is InChI=1S/C19H28O3/c1-4-7-17(20)19(2)13-6-5-8-18(19)22-14-15-9-11-16(21-3)12-10-15/h4,9-12,17-18,20H,1,5-8,13-14H2,2-3H3/t17-,18-,19+/m0/s1. The number of methoxy groups -OCH3 is 1. The summed E-state index contributed by atoms with van der Waals surface area (Å²) in [6, 6.07) is 7.95. The van der Waals surface area contributed by atoms with E-state index < -0.39 is 0 Å². The summed E-state index contributed by atoms with van der Waals surface area (Å²) in [6.45, 7) is 6.48. The first kappa shape index (κ1) is 17.0. The zero-order valence-corrected chi connectivity index (χ0v) is 13.8. The third-order valence-electron chi connectivity index (χ3n) is 4.93. The smallest absolute Gasteiger partial charge is 0.118 e. The molecule has 2 rings (SSSR count). The maximum absolute atomic E-state index is 10.5. The van der Waals surface area contributed by atoms with Gasteiger partial charge < -0.3 is 14.6 Å². The van der Waals surface area contributed by atoms with E-state index in [1.165, 1.54) is 6.42 Å². The fraction of sp³-hybridized carbons (Fsp3) is 0.579. The van der Waals surface area contributed by atoms with Gasteiger partial charge in [-0.15, -0.1) is 6.58 Å². The van der Waals surface area contributed by atoms with Gasteiger partial charge in [0.25, 0.3) is 0 Å². The molecule has 0 aliphatic heterocycles. The Labute approximate surface area is 134 Å². The Morgan fingerprint density at radius 3 is 2.73 bits per heavy atom. The van der Waals surface area contributed by atoms with E-state index in [1.807, 2.05) is 24.3 Å². The van der Waals surface area contributed by atoms with Crippen LogP contribution in [0.2, 0.25) is 0 Å². The molecule has 1 saturated carbocycles. The van der Waals surface area contributed by atoms with E-state index in [2.05, 4.69) is 13.5 Å². The lowest BCUT2D eigenvalue weighted by Gasteiger charge is -2.44. The molecule has 1 aliphatic carbocycles. The highest BCUT2D eigenvalue weighted by Crippen LogP contribution is 2.42. The van der Waals surface area contributed by atoms with Crippen molar-refractivity contribution in [2.24, 2.45) is 5.41 Å². The molecule has 3 atom stereocenters. The van der Waals surface area contributed by atoms with Crippen LogP contribution in [0.5, 0.6) is 5.75 Å². The molecule has 0 spiro atoms. The van der Waals surface area contributed by atoms with Crippen LogP contribution in [0.1, 0.15) is 44.6 Å². The van der Waals surface area contributed by atoms with Gasteiger partial charge in [-0.1, -0.05) is 38.0 Å². The van der Waals surface area contributed by atoms with Gasteiger partial charge in [-0.05, 0) is 37.0 Å². The number of rotatable bonds is 7. The van der Waals surface area contributed by atoms with Crippen molar-refractivity contribution in [3.05, 3.63) is 42.5 Å². The maximum atomic E-state index is 10.5. The van der Waals surface area contributed by atoms with Crippen molar-refractivity contribution in [1.82, 2.24) is 0 Å². The second-order valence-electron chi connectivity index (χ2n) is 6.44. The van der Waals surface area contributed by atoms with Crippen molar-refractivity contribution < 1.29 is 14.6 Å². The lowest BCUT2D eigenvalue weighted by molar-refractivity contribution is -0.120. The number of hydrogen-bond donors (Lipinski definition) is 1. The second kappa shape index (κ2) is 7.80. The van der Waals surface area contributed by atoms with Crippen molar-refractivity contribution in [1.29, 1.82) is 0 Å². The Morgan fingerprint density at radius 2 is 2.09 bits per heavy atom. The van der Waals surface area contributed by atoms with Gasteiger partial charge in [-0.2, -0.15) is 0 Å². The summed E-state index contributed by atoms with van der Waals surface area (Å²) in [5, 5.41) is 10.5. The van der Waals surface area contributed by atoms with Gasteiger partial charge in [-0.3, -0.25) is 0 Å². The predicted molar refractivity (Wildman–Crippen MR) is 89.0 cm³/mol. The summed E-state index contributed by atoms with van der Waals surface area (Å²) in [5.41, 5.74) is 0.950. The van der Waals surface area contributed by atoms with Gasteiger partial charge in [0.2, 0.25) is 0 Å². The van der Waals surface area contributed by atoms with Crippen molar-refractivity contribution in [2.45, 2.75) is 57.8 Å². The zero-order valence-electron chi connectivity index (χ0n) is 13.8. The minimum atomic E-state index is -0.383. The molecule has 0 radical (unpaired) electrons. The van der Waals surface area contributed by atoms with E-state index in [0.29, 0.717) is 13.0 Å². The largest absolute Gasteiger partial charge is 0.497 e. The molecule has 0 heterocycles. The summed E-state index contributed by atoms with van der Waals surface area (Å²) in [6.07, 6.45) is 6.49. The molecule has 0 amide bonds. The Kier molecular flexibility index (Phi) is 6.04. The first-order chi connectivity index (χ1) is 10.6. The summed E-state index contributed by atoms with van der Waals surface area (Å²) >= 11 is 0. The molecule has 1 fully saturated rings. The van der Waals surface area contributed by atoms with Gasteiger partial charge in [0.15, 0.2) is 0 Å². The van der Waals surface area contributed by atoms with Crippen LogP contribution in [0.4, 0.5) is 0 Å². The second-order valence-corrected chi connectivity index (χ2v) is 6.44. The van der Waals surface area contributed by atoms with E-state index >= 15 is 0 Å². The molecule has 1 aliphatic rings. The minimum absolute atomic E-state index is 0.0956. The molecular formula is C19H28O3. The third-order valence-corrected chi connectivity index (χ3v) is 4.93. The molecule has 0 saturated heterocycles. The average Bonchev–Trinajstić information content (AvgIpc) is 2.55. The molecule has 0 bridgehead atoms. The normalized spacial score (nSPS) is 26.4. The average molecular weight is 304 g/mol. The Hall–Kier alpha value is -1.32. The third kappa shape index (κ3) is 3.90. The van der Waals surface area contributed by atoms with Crippen molar-refractivity contribution in [2.75, 3.05) is 7.11 Å². The molecule has 1 aromatic rings. The molecule has 3 heteroatoms. The van der Waals surface area contributed by atoms with Gasteiger partial charge >= 0.3 is 0 Å². The predicted octanol–water partition coefficient (Wildman–Crippen LogP) is 4.10. The molecule has 1 N–H and O–H groups in total. The Bertz CT molecular complexity index is 468. The van der Waals surface area contributed by atoms with E-state index in [0.717, 1.165) is 30.6 Å². The Balaban J connectivity index is 2.00. The minimum Gasteiger partial charge on any atom is -0.497 e. The molecule has 122 valence electrons. The monoisotopic (exact) mass is 304 g/mol. The Morgan fingerprint density at radius 1 is 1.36 bits per heavy atom. The van der Waals surface area contributed by atoms with E-state index in [9.17, 15) is 5.11 Å². The molecule has 3 nitrogen and oxygen atoms in total. The van der Waals surface area contributed by atoms with Crippen LogP contribution in [-0.2, 0) is 11.3 Å². The molecular weight excluding hydrogens is 276 g/mol. The lowest BCUT2D eigenvalue weighted by Crippen LogP contribution is -2.46. The first-order valence-electron chi connectivity index (χ1n) is 8.13. The van der Waals surface area contributed by atoms with Crippen LogP contribution in [-0.4, -0.2) is 24.4 Å². The van der Waals surface area contributed by atoms with Crippen LogP contribution in [0, 0.1) is 5.41 Å². The van der Waals surface area contributed by atoms with Gasteiger partial charge in [-0.25, -0.2) is 0 Å². The van der Waals surface area contributed by atoms with Crippen LogP contribution >= 0.6 is 0 Å². The van der Waals surface area contributed by atoms with Crippen molar-refractivity contribution in [3.63, 3.8) is 0 Å².